The van der Waals surface area contributed by atoms with Crippen LogP contribution >= 0.6 is 0 Å². The van der Waals surface area contributed by atoms with Gasteiger partial charge in [0.05, 0.1) is 25.3 Å². The predicted octanol–water partition coefficient (Wildman–Crippen LogP) is 3.50. The van der Waals surface area contributed by atoms with Crippen LogP contribution in [-0.4, -0.2) is 33.4 Å². The Morgan fingerprint density at radius 3 is 2.81 bits per heavy atom. The Morgan fingerprint density at radius 2 is 2.22 bits per heavy atom. The van der Waals surface area contributed by atoms with E-state index in [1.54, 1.807) is 17.4 Å². The lowest BCUT2D eigenvalue weighted by atomic mass is 9.95. The minimum absolute atomic E-state index is 0.129. The quantitative estimate of drug-likeness (QED) is 0.805. The first-order valence-corrected chi connectivity index (χ1v) is 9.22. The Balaban J connectivity index is 1.89. The van der Waals surface area contributed by atoms with Crippen LogP contribution < -0.4 is 5.32 Å². The second-order valence-corrected chi connectivity index (χ2v) is 7.78. The highest BCUT2D eigenvalue weighted by atomic mass is 16.3. The molecule has 2 aromatic heterocycles. The molecule has 0 radical (unpaired) electrons. The van der Waals surface area contributed by atoms with Crippen LogP contribution in [0.25, 0.3) is 0 Å². The number of nitrogens with zero attached hydrogens (tertiary/aromatic N) is 4. The number of hydrogen-bond donors (Lipinski definition) is 1. The molecule has 1 saturated carbocycles. The molecule has 0 atom stereocenters. The monoisotopic (exact) mass is 367 g/mol. The highest BCUT2D eigenvalue weighted by molar-refractivity contribution is 5.98. The van der Waals surface area contributed by atoms with Crippen molar-refractivity contribution in [1.29, 1.82) is 5.26 Å². The van der Waals surface area contributed by atoms with E-state index in [0.29, 0.717) is 36.7 Å². The lowest BCUT2D eigenvalue weighted by Gasteiger charge is -2.24. The number of carbonyl (C=O) groups is 1. The van der Waals surface area contributed by atoms with E-state index in [1.807, 2.05) is 32.9 Å². The van der Waals surface area contributed by atoms with E-state index in [0.717, 1.165) is 18.6 Å². The van der Waals surface area contributed by atoms with Crippen LogP contribution in [0.3, 0.4) is 0 Å². The van der Waals surface area contributed by atoms with Crippen LogP contribution in [0, 0.1) is 11.3 Å². The van der Waals surface area contributed by atoms with E-state index in [1.165, 1.54) is 0 Å². The molecule has 1 N–H and O–H groups in total. The van der Waals surface area contributed by atoms with Crippen molar-refractivity contribution in [3.63, 3.8) is 0 Å². The fourth-order valence-corrected chi connectivity index (χ4v) is 2.78. The number of amides is 1. The summed E-state index contributed by atoms with van der Waals surface area (Å²) in [6.45, 7) is 6.95. The first kappa shape index (κ1) is 18.9. The molecule has 27 heavy (non-hydrogen) atoms. The average molecular weight is 367 g/mol. The molecule has 142 valence electrons. The standard InChI is InChI=1S/C20H25N5O2/c1-20(2,3)19-23-13-16(17(24-19)22-12-15-6-4-11-27-15)18(26)25(10-5-9-21)14-7-8-14/h4,6,11,13-14H,5,7-8,10,12H2,1-3H3,(H,22,23,24). The highest BCUT2D eigenvalue weighted by Gasteiger charge is 2.34. The fourth-order valence-electron chi connectivity index (χ4n) is 2.78. The largest absolute Gasteiger partial charge is 0.467 e. The van der Waals surface area contributed by atoms with Gasteiger partial charge in [0.25, 0.3) is 5.91 Å². The minimum Gasteiger partial charge on any atom is -0.467 e. The van der Waals surface area contributed by atoms with E-state index < -0.39 is 0 Å². The first-order valence-electron chi connectivity index (χ1n) is 9.22. The molecular formula is C20H25N5O2. The molecule has 1 aliphatic rings. The molecule has 0 bridgehead atoms. The molecule has 1 aliphatic carbocycles. The number of nitrogens with one attached hydrogen (secondary N) is 1. The van der Waals surface area contributed by atoms with Gasteiger partial charge < -0.3 is 14.6 Å². The van der Waals surface area contributed by atoms with Crippen molar-refractivity contribution < 1.29 is 9.21 Å². The summed E-state index contributed by atoms with van der Waals surface area (Å²) in [7, 11) is 0. The number of hydrogen-bond acceptors (Lipinski definition) is 6. The molecular weight excluding hydrogens is 342 g/mol. The van der Waals surface area contributed by atoms with E-state index in [4.69, 9.17) is 9.68 Å². The molecule has 1 fully saturated rings. The van der Waals surface area contributed by atoms with Gasteiger partial charge in [0.15, 0.2) is 0 Å². The molecule has 7 heteroatoms. The van der Waals surface area contributed by atoms with Crippen molar-refractivity contribution in [3.8, 4) is 6.07 Å². The van der Waals surface area contributed by atoms with Crippen LogP contribution in [-0.2, 0) is 12.0 Å². The van der Waals surface area contributed by atoms with Crippen LogP contribution in [0.5, 0.6) is 0 Å². The zero-order valence-corrected chi connectivity index (χ0v) is 16.0. The summed E-state index contributed by atoms with van der Waals surface area (Å²) < 4.78 is 5.36. The van der Waals surface area contributed by atoms with Crippen LogP contribution in [0.2, 0.25) is 0 Å². The van der Waals surface area contributed by atoms with E-state index in [9.17, 15) is 4.79 Å². The normalized spacial score (nSPS) is 13.9. The Kier molecular flexibility index (Phi) is 5.45. The lowest BCUT2D eigenvalue weighted by Crippen LogP contribution is -2.35. The smallest absolute Gasteiger partial charge is 0.259 e. The fraction of sp³-hybridized carbons (Fsp3) is 0.500. The third-order valence-electron chi connectivity index (χ3n) is 4.41. The van der Waals surface area contributed by atoms with Gasteiger partial charge in [-0.1, -0.05) is 20.8 Å². The summed E-state index contributed by atoms with van der Waals surface area (Å²) >= 11 is 0. The SMILES string of the molecule is CC(C)(C)c1ncc(C(=O)N(CCC#N)C2CC2)c(NCc2ccco2)n1. The van der Waals surface area contributed by atoms with Gasteiger partial charge in [-0.05, 0) is 25.0 Å². The molecule has 7 nitrogen and oxygen atoms in total. The van der Waals surface area contributed by atoms with Gasteiger partial charge in [0.2, 0.25) is 0 Å². The third-order valence-corrected chi connectivity index (χ3v) is 4.41. The van der Waals surface area contributed by atoms with Crippen LogP contribution in [0.1, 0.15) is 62.0 Å². The van der Waals surface area contributed by atoms with Gasteiger partial charge in [0, 0.05) is 24.2 Å². The summed E-state index contributed by atoms with van der Waals surface area (Å²) in [6.07, 6.45) is 5.49. The van der Waals surface area contributed by atoms with Crippen molar-refractivity contribution in [2.45, 2.75) is 58.0 Å². The minimum atomic E-state index is -0.236. The van der Waals surface area contributed by atoms with Crippen molar-refractivity contribution in [1.82, 2.24) is 14.9 Å². The number of carbonyl (C=O) groups excluding carboxylic acids is 1. The van der Waals surface area contributed by atoms with Gasteiger partial charge in [0.1, 0.15) is 23.0 Å². The van der Waals surface area contributed by atoms with E-state index in [-0.39, 0.29) is 17.4 Å². The molecule has 0 aliphatic heterocycles. The van der Waals surface area contributed by atoms with Crippen LogP contribution in [0.4, 0.5) is 5.82 Å². The van der Waals surface area contributed by atoms with Gasteiger partial charge in [-0.25, -0.2) is 9.97 Å². The van der Waals surface area contributed by atoms with Gasteiger partial charge in [-0.2, -0.15) is 5.26 Å². The molecule has 0 spiro atoms. The Bertz CT molecular complexity index is 829. The molecule has 0 saturated heterocycles. The molecule has 3 rings (SSSR count). The van der Waals surface area contributed by atoms with Crippen molar-refractivity contribution in [3.05, 3.63) is 41.7 Å². The van der Waals surface area contributed by atoms with Crippen molar-refractivity contribution in [2.24, 2.45) is 0 Å². The number of aromatic nitrogens is 2. The average Bonchev–Trinajstić information content (AvgIpc) is 3.33. The zero-order chi connectivity index (χ0) is 19.4. The van der Waals surface area contributed by atoms with Crippen molar-refractivity contribution in [2.75, 3.05) is 11.9 Å². The summed E-state index contributed by atoms with van der Waals surface area (Å²) in [5.41, 5.74) is 0.194. The summed E-state index contributed by atoms with van der Waals surface area (Å²) in [6, 6.07) is 6.02. The number of furan rings is 1. The lowest BCUT2D eigenvalue weighted by molar-refractivity contribution is 0.0746. The molecule has 0 aromatic carbocycles. The molecule has 2 aromatic rings. The number of nitriles is 1. The Morgan fingerprint density at radius 1 is 1.44 bits per heavy atom. The zero-order valence-electron chi connectivity index (χ0n) is 16.0. The molecule has 0 unspecified atom stereocenters. The highest BCUT2D eigenvalue weighted by Crippen LogP contribution is 2.30. The van der Waals surface area contributed by atoms with Gasteiger partial charge in [-0.15, -0.1) is 0 Å². The van der Waals surface area contributed by atoms with Gasteiger partial charge >= 0.3 is 0 Å². The van der Waals surface area contributed by atoms with E-state index >= 15 is 0 Å². The first-order chi connectivity index (χ1) is 12.9. The summed E-state index contributed by atoms with van der Waals surface area (Å²) in [5, 5.41) is 12.1. The maximum Gasteiger partial charge on any atom is 0.259 e. The molecule has 2 heterocycles. The summed E-state index contributed by atoms with van der Waals surface area (Å²) in [5.74, 6) is 1.79. The van der Waals surface area contributed by atoms with E-state index in [2.05, 4.69) is 21.4 Å². The predicted molar refractivity (Wildman–Crippen MR) is 101 cm³/mol. The second kappa shape index (κ2) is 7.78. The second-order valence-electron chi connectivity index (χ2n) is 7.78. The number of anilines is 1. The maximum absolute atomic E-state index is 13.1. The number of rotatable bonds is 7. The Hall–Kier alpha value is -2.88. The maximum atomic E-state index is 13.1. The van der Waals surface area contributed by atoms with Gasteiger partial charge in [-0.3, -0.25) is 4.79 Å². The summed E-state index contributed by atoms with van der Waals surface area (Å²) in [4.78, 5) is 24.0. The van der Waals surface area contributed by atoms with Crippen molar-refractivity contribution >= 4 is 11.7 Å². The topological polar surface area (TPSA) is 95.0 Å². The Labute approximate surface area is 159 Å². The van der Waals surface area contributed by atoms with Crippen LogP contribution in [0.15, 0.2) is 29.0 Å². The molecule has 1 amide bonds. The third kappa shape index (κ3) is 4.64.